The highest BCUT2D eigenvalue weighted by Gasteiger charge is 2.20. The van der Waals surface area contributed by atoms with Crippen LogP contribution in [0.4, 0.5) is 5.69 Å². The number of hydrogen-bond donors (Lipinski definition) is 4. The highest BCUT2D eigenvalue weighted by Crippen LogP contribution is 2.29. The Hall–Kier alpha value is -2.36. The molecule has 1 rings (SSSR count). The van der Waals surface area contributed by atoms with Crippen molar-refractivity contribution < 1.29 is 28.9 Å². The van der Waals surface area contributed by atoms with Crippen molar-refractivity contribution >= 4 is 17.6 Å². The number of esters is 1. The largest absolute Gasteiger partial charge is 0.463 e. The second kappa shape index (κ2) is 17.2. The maximum absolute atomic E-state index is 11.9. The van der Waals surface area contributed by atoms with Crippen LogP contribution in [0.25, 0.3) is 0 Å². The molecule has 1 amide bonds. The molecule has 0 spiro atoms. The highest BCUT2D eigenvalue weighted by atomic mass is 16.7. The smallest absolute Gasteiger partial charge is 0.302 e. The van der Waals surface area contributed by atoms with E-state index in [-0.39, 0.29) is 37.6 Å². The number of carbonyl (C=O) groups excluding carboxylic acids is 2. The van der Waals surface area contributed by atoms with Crippen LogP contribution in [0.2, 0.25) is 0 Å². The van der Waals surface area contributed by atoms with Crippen molar-refractivity contribution in [3.05, 3.63) is 23.8 Å². The third kappa shape index (κ3) is 13.1. The summed E-state index contributed by atoms with van der Waals surface area (Å²) in [6.45, 7) is 11.8. The lowest BCUT2D eigenvalue weighted by Gasteiger charge is -2.24. The minimum absolute atomic E-state index is 0.109. The van der Waals surface area contributed by atoms with Gasteiger partial charge in [0.2, 0.25) is 12.2 Å². The minimum atomic E-state index is -0.847. The van der Waals surface area contributed by atoms with Gasteiger partial charge in [0.15, 0.2) is 0 Å². The molecule has 0 saturated heterocycles. The van der Waals surface area contributed by atoms with Gasteiger partial charge in [0.05, 0.1) is 11.8 Å². The third-order valence-electron chi connectivity index (χ3n) is 3.99. The number of nitrogens with two attached hydrogens (primary N) is 1. The van der Waals surface area contributed by atoms with E-state index in [2.05, 4.69) is 10.6 Å². The monoisotopic (exact) mass is 455 g/mol. The number of aliphatic hydroxyl groups excluding tert-OH is 1. The molecule has 0 fully saturated rings. The Labute approximate surface area is 192 Å². The number of benzene rings is 1. The van der Waals surface area contributed by atoms with Crippen LogP contribution in [0.3, 0.4) is 0 Å². The molecule has 1 aromatic carbocycles. The minimum Gasteiger partial charge on any atom is -0.463 e. The average molecular weight is 456 g/mol. The summed E-state index contributed by atoms with van der Waals surface area (Å²) in [5, 5.41) is 16.0. The topological polar surface area (TPSA) is 132 Å². The summed E-state index contributed by atoms with van der Waals surface area (Å²) in [6, 6.07) is 5.55. The zero-order valence-corrected chi connectivity index (χ0v) is 20.3. The SMILES string of the molecule is CC.CCC(O)CC(OCC(=O)NCCN)Oc1cc(COC(C)=O)ccc1NC(C)C. The Morgan fingerprint density at radius 1 is 1.22 bits per heavy atom. The molecule has 0 aromatic heterocycles. The molecule has 0 bridgehead atoms. The lowest BCUT2D eigenvalue weighted by Crippen LogP contribution is -2.35. The molecule has 0 radical (unpaired) electrons. The van der Waals surface area contributed by atoms with Crippen LogP contribution in [0.15, 0.2) is 18.2 Å². The van der Waals surface area contributed by atoms with Gasteiger partial charge in [-0.3, -0.25) is 9.59 Å². The van der Waals surface area contributed by atoms with Crippen molar-refractivity contribution in [3.8, 4) is 5.75 Å². The van der Waals surface area contributed by atoms with E-state index in [1.807, 2.05) is 46.8 Å². The maximum Gasteiger partial charge on any atom is 0.302 e. The fourth-order valence-electron chi connectivity index (χ4n) is 2.48. The van der Waals surface area contributed by atoms with Crippen molar-refractivity contribution in [1.82, 2.24) is 5.32 Å². The number of rotatable bonds is 14. The predicted octanol–water partition coefficient (Wildman–Crippen LogP) is 2.55. The summed E-state index contributed by atoms with van der Waals surface area (Å²) in [5.41, 5.74) is 6.85. The molecule has 9 heteroatoms. The number of amides is 1. The summed E-state index contributed by atoms with van der Waals surface area (Å²) in [4.78, 5) is 23.0. The van der Waals surface area contributed by atoms with E-state index in [1.165, 1.54) is 6.92 Å². The van der Waals surface area contributed by atoms with Gasteiger partial charge in [-0.25, -0.2) is 0 Å². The van der Waals surface area contributed by atoms with Crippen LogP contribution >= 0.6 is 0 Å². The summed E-state index contributed by atoms with van der Waals surface area (Å²) in [7, 11) is 0. The van der Waals surface area contributed by atoms with Crippen LogP contribution in [0.1, 0.15) is 59.9 Å². The predicted molar refractivity (Wildman–Crippen MR) is 125 cm³/mol. The van der Waals surface area contributed by atoms with E-state index in [9.17, 15) is 14.7 Å². The molecule has 0 heterocycles. The summed E-state index contributed by atoms with van der Waals surface area (Å²) >= 11 is 0. The number of anilines is 1. The van der Waals surface area contributed by atoms with Crippen molar-refractivity contribution in [2.75, 3.05) is 25.0 Å². The van der Waals surface area contributed by atoms with E-state index < -0.39 is 12.4 Å². The molecule has 184 valence electrons. The molecule has 0 aliphatic carbocycles. The van der Waals surface area contributed by atoms with E-state index in [0.717, 1.165) is 11.3 Å². The molecular formula is C23H41N3O6. The molecule has 1 aromatic rings. The molecule has 0 saturated carbocycles. The van der Waals surface area contributed by atoms with Gasteiger partial charge in [0.25, 0.3) is 0 Å². The van der Waals surface area contributed by atoms with Crippen molar-refractivity contribution in [1.29, 1.82) is 0 Å². The molecule has 0 aliphatic rings. The van der Waals surface area contributed by atoms with Gasteiger partial charge in [0, 0.05) is 32.5 Å². The lowest BCUT2D eigenvalue weighted by molar-refractivity contribution is -0.142. The fourth-order valence-corrected chi connectivity index (χ4v) is 2.48. The summed E-state index contributed by atoms with van der Waals surface area (Å²) < 4.78 is 16.7. The van der Waals surface area contributed by atoms with Gasteiger partial charge in [-0.15, -0.1) is 0 Å². The van der Waals surface area contributed by atoms with Gasteiger partial charge in [-0.2, -0.15) is 0 Å². The highest BCUT2D eigenvalue weighted by molar-refractivity contribution is 5.77. The number of ether oxygens (including phenoxy) is 3. The van der Waals surface area contributed by atoms with E-state index in [1.54, 1.807) is 6.07 Å². The van der Waals surface area contributed by atoms with E-state index in [0.29, 0.717) is 25.3 Å². The van der Waals surface area contributed by atoms with Crippen LogP contribution in [0, 0.1) is 0 Å². The quantitative estimate of drug-likeness (QED) is 0.249. The second-order valence-corrected chi connectivity index (χ2v) is 7.20. The van der Waals surface area contributed by atoms with Gasteiger partial charge < -0.3 is 35.7 Å². The van der Waals surface area contributed by atoms with E-state index in [4.69, 9.17) is 19.9 Å². The Morgan fingerprint density at radius 2 is 1.91 bits per heavy atom. The lowest BCUT2D eigenvalue weighted by atomic mass is 10.1. The fraction of sp³-hybridized carbons (Fsp3) is 0.652. The molecule has 0 aliphatic heterocycles. The second-order valence-electron chi connectivity index (χ2n) is 7.20. The third-order valence-corrected chi connectivity index (χ3v) is 3.99. The summed E-state index contributed by atoms with van der Waals surface area (Å²) in [6.07, 6.45) is -0.782. The zero-order chi connectivity index (χ0) is 24.5. The van der Waals surface area contributed by atoms with Gasteiger partial charge in [-0.05, 0) is 38.0 Å². The first-order chi connectivity index (χ1) is 15.2. The Kier molecular flexibility index (Phi) is 16.0. The average Bonchev–Trinajstić information content (AvgIpc) is 2.76. The normalized spacial score (nSPS) is 12.3. The van der Waals surface area contributed by atoms with E-state index >= 15 is 0 Å². The number of nitrogens with one attached hydrogen (secondary N) is 2. The molecular weight excluding hydrogens is 414 g/mol. The van der Waals surface area contributed by atoms with Crippen molar-refractivity contribution in [2.45, 2.75) is 79.4 Å². The molecule has 2 unspecified atom stereocenters. The molecule has 32 heavy (non-hydrogen) atoms. The van der Waals surface area contributed by atoms with Crippen molar-refractivity contribution in [2.24, 2.45) is 5.73 Å². The Balaban J connectivity index is 0.00000466. The first-order valence-electron chi connectivity index (χ1n) is 11.2. The standard InChI is InChI=1S/C21H35N3O6.C2H6/c1-5-17(26)11-21(29-13-20(27)23-9-8-22)30-19-10-16(12-28-15(4)25)6-7-18(19)24-14(2)3;1-2/h6-7,10,14,17,21,24,26H,5,8-9,11-13,22H2,1-4H3,(H,23,27);1-2H3. The number of aliphatic hydroxyl groups is 1. The number of hydrogen-bond acceptors (Lipinski definition) is 8. The van der Waals surface area contributed by atoms with Crippen LogP contribution in [0.5, 0.6) is 5.75 Å². The molecule has 2 atom stereocenters. The molecule has 9 nitrogen and oxygen atoms in total. The van der Waals surface area contributed by atoms with Gasteiger partial charge in [-0.1, -0.05) is 26.8 Å². The first kappa shape index (κ1) is 29.6. The van der Waals surface area contributed by atoms with Gasteiger partial charge >= 0.3 is 5.97 Å². The Bertz CT molecular complexity index is 669. The first-order valence-corrected chi connectivity index (χ1v) is 11.2. The molecule has 5 N–H and O–H groups in total. The van der Waals surface area contributed by atoms with Gasteiger partial charge in [0.1, 0.15) is 19.0 Å². The van der Waals surface area contributed by atoms with Crippen molar-refractivity contribution in [3.63, 3.8) is 0 Å². The van der Waals surface area contributed by atoms with Crippen LogP contribution in [-0.2, 0) is 25.7 Å². The van der Waals surface area contributed by atoms with Crippen LogP contribution in [-0.4, -0.2) is 55.1 Å². The zero-order valence-electron chi connectivity index (χ0n) is 20.3. The Morgan fingerprint density at radius 3 is 2.47 bits per heavy atom. The number of carbonyl (C=O) groups is 2. The van der Waals surface area contributed by atoms with Crippen LogP contribution < -0.4 is 21.1 Å². The summed E-state index contributed by atoms with van der Waals surface area (Å²) in [5.74, 6) is -0.217. The maximum atomic E-state index is 11.9.